The molecule has 0 bridgehead atoms. The fourth-order valence-electron chi connectivity index (χ4n) is 2.50. The third-order valence-electron chi connectivity index (χ3n) is 3.97. The van der Waals surface area contributed by atoms with Crippen LogP contribution in [0.15, 0.2) is 12.5 Å². The highest BCUT2D eigenvalue weighted by Crippen LogP contribution is 2.08. The predicted octanol–water partition coefficient (Wildman–Crippen LogP) is -1.35. The monoisotopic (exact) mass is 396 g/mol. The predicted molar refractivity (Wildman–Crippen MR) is 99.6 cm³/mol. The van der Waals surface area contributed by atoms with E-state index < -0.39 is 41.8 Å². The molecule has 1 rings (SSSR count). The smallest absolute Gasteiger partial charge is 0.326 e. The highest BCUT2D eigenvalue weighted by molar-refractivity contribution is 5.92. The molecule has 0 aliphatic rings. The zero-order chi connectivity index (χ0) is 21.3. The summed E-state index contributed by atoms with van der Waals surface area (Å²) in [6.45, 7) is 3.72. The number of nitrogens with one attached hydrogen (secondary N) is 3. The number of rotatable bonds is 12. The molecular formula is C17H28N6O5. The van der Waals surface area contributed by atoms with E-state index in [2.05, 4.69) is 20.6 Å². The van der Waals surface area contributed by atoms with Crippen molar-refractivity contribution in [2.75, 3.05) is 0 Å². The van der Waals surface area contributed by atoms with Crippen LogP contribution in [0.25, 0.3) is 0 Å². The lowest BCUT2D eigenvalue weighted by molar-refractivity contribution is -0.142. The van der Waals surface area contributed by atoms with E-state index >= 15 is 0 Å². The molecular weight excluding hydrogens is 368 g/mol. The van der Waals surface area contributed by atoms with Crippen molar-refractivity contribution in [2.24, 2.45) is 17.4 Å². The Morgan fingerprint density at radius 3 is 2.32 bits per heavy atom. The lowest BCUT2D eigenvalue weighted by atomic mass is 10.0. The van der Waals surface area contributed by atoms with Gasteiger partial charge in [-0.2, -0.15) is 0 Å². The first-order valence-electron chi connectivity index (χ1n) is 8.94. The van der Waals surface area contributed by atoms with Gasteiger partial charge in [-0.1, -0.05) is 13.8 Å². The van der Waals surface area contributed by atoms with Crippen LogP contribution in [0.1, 0.15) is 38.8 Å². The standard InChI is InChI=1S/C17H28N6O5/c1-9(2)5-12(22-15(25)11(18)3-4-14(19)24)16(26)23-13(17(27)28)6-10-7-20-8-21-10/h7-9,11-13H,3-6,18H2,1-2H3,(H2,19,24)(H,20,21)(H,22,25)(H,23,26)(H,27,28)/t11-,12-,13-/m0/s1. The van der Waals surface area contributed by atoms with Gasteiger partial charge in [0.2, 0.25) is 17.7 Å². The SMILES string of the molecule is CC(C)C[C@H](NC(=O)[C@@H](N)CCC(N)=O)C(=O)N[C@@H](Cc1cnc[nH]1)C(=O)O. The fraction of sp³-hybridized carbons (Fsp3) is 0.588. The highest BCUT2D eigenvalue weighted by Gasteiger charge is 2.29. The molecule has 0 spiro atoms. The molecule has 8 N–H and O–H groups in total. The second-order valence-corrected chi connectivity index (χ2v) is 6.98. The molecule has 0 aliphatic heterocycles. The van der Waals surface area contributed by atoms with Crippen LogP contribution in [0.3, 0.4) is 0 Å². The summed E-state index contributed by atoms with van der Waals surface area (Å²) >= 11 is 0. The second-order valence-electron chi connectivity index (χ2n) is 6.98. The van der Waals surface area contributed by atoms with Gasteiger partial charge in [-0.3, -0.25) is 14.4 Å². The van der Waals surface area contributed by atoms with Gasteiger partial charge in [0, 0.05) is 24.7 Å². The molecule has 3 atom stereocenters. The van der Waals surface area contributed by atoms with Gasteiger partial charge >= 0.3 is 5.97 Å². The zero-order valence-electron chi connectivity index (χ0n) is 16.0. The van der Waals surface area contributed by atoms with Gasteiger partial charge in [0.15, 0.2) is 0 Å². The number of aliphatic carboxylic acids is 1. The Kier molecular flexibility index (Phi) is 9.09. The fourth-order valence-corrected chi connectivity index (χ4v) is 2.50. The number of nitrogens with two attached hydrogens (primary N) is 2. The van der Waals surface area contributed by atoms with Crippen molar-refractivity contribution in [1.82, 2.24) is 20.6 Å². The van der Waals surface area contributed by atoms with Crippen molar-refractivity contribution in [3.05, 3.63) is 18.2 Å². The minimum atomic E-state index is -1.21. The van der Waals surface area contributed by atoms with Crippen LogP contribution in [-0.2, 0) is 25.6 Å². The first kappa shape index (κ1) is 23.1. The Balaban J connectivity index is 2.77. The molecule has 0 saturated heterocycles. The Labute approximate surface area is 162 Å². The summed E-state index contributed by atoms with van der Waals surface area (Å²) in [5, 5.41) is 14.3. The van der Waals surface area contributed by atoms with Crippen LogP contribution in [0.4, 0.5) is 0 Å². The molecule has 0 fully saturated rings. The summed E-state index contributed by atoms with van der Waals surface area (Å²) in [6, 6.07) is -3.16. The molecule has 28 heavy (non-hydrogen) atoms. The van der Waals surface area contributed by atoms with E-state index in [9.17, 15) is 24.3 Å². The first-order valence-corrected chi connectivity index (χ1v) is 8.94. The largest absolute Gasteiger partial charge is 0.480 e. The number of imidazole rings is 1. The molecule has 0 saturated carbocycles. The Hall–Kier alpha value is -2.95. The van der Waals surface area contributed by atoms with E-state index in [1.807, 2.05) is 13.8 Å². The molecule has 0 radical (unpaired) electrons. The summed E-state index contributed by atoms with van der Waals surface area (Å²) < 4.78 is 0. The maximum Gasteiger partial charge on any atom is 0.326 e. The van der Waals surface area contributed by atoms with E-state index in [-0.39, 0.29) is 31.6 Å². The first-order chi connectivity index (χ1) is 13.1. The average molecular weight is 396 g/mol. The highest BCUT2D eigenvalue weighted by atomic mass is 16.4. The lowest BCUT2D eigenvalue weighted by Gasteiger charge is -2.24. The Morgan fingerprint density at radius 2 is 1.82 bits per heavy atom. The number of hydrogen-bond donors (Lipinski definition) is 6. The summed E-state index contributed by atoms with van der Waals surface area (Å²) in [5.74, 6) is -2.98. The van der Waals surface area contributed by atoms with Gasteiger partial charge < -0.3 is 32.2 Å². The van der Waals surface area contributed by atoms with Crippen LogP contribution in [-0.4, -0.2) is 56.9 Å². The number of carboxylic acids is 1. The summed E-state index contributed by atoms with van der Waals surface area (Å²) in [5.41, 5.74) is 11.3. The number of nitrogens with zero attached hydrogens (tertiary/aromatic N) is 1. The number of primary amides is 1. The van der Waals surface area contributed by atoms with Gasteiger partial charge in [0.1, 0.15) is 12.1 Å². The molecule has 3 amide bonds. The Morgan fingerprint density at radius 1 is 1.18 bits per heavy atom. The maximum absolute atomic E-state index is 12.6. The van der Waals surface area contributed by atoms with E-state index in [0.717, 1.165) is 0 Å². The molecule has 0 unspecified atom stereocenters. The normalized spacial score (nSPS) is 14.1. The molecule has 11 heteroatoms. The van der Waals surface area contributed by atoms with Crippen LogP contribution in [0.2, 0.25) is 0 Å². The number of amides is 3. The van der Waals surface area contributed by atoms with Crippen molar-refractivity contribution < 1.29 is 24.3 Å². The molecule has 1 aromatic rings. The summed E-state index contributed by atoms with van der Waals surface area (Å²) in [4.78, 5) is 53.7. The van der Waals surface area contributed by atoms with E-state index in [1.54, 1.807) is 0 Å². The van der Waals surface area contributed by atoms with E-state index in [4.69, 9.17) is 11.5 Å². The third kappa shape index (κ3) is 8.16. The summed E-state index contributed by atoms with van der Waals surface area (Å²) in [7, 11) is 0. The topological polar surface area (TPSA) is 193 Å². The maximum atomic E-state index is 12.6. The van der Waals surface area contributed by atoms with E-state index in [0.29, 0.717) is 5.69 Å². The van der Waals surface area contributed by atoms with Crippen LogP contribution >= 0.6 is 0 Å². The number of carboxylic acid groups (broad SMARTS) is 1. The van der Waals surface area contributed by atoms with Gasteiger partial charge in [-0.15, -0.1) is 0 Å². The zero-order valence-corrected chi connectivity index (χ0v) is 16.0. The van der Waals surface area contributed by atoms with Crippen molar-refractivity contribution in [3.63, 3.8) is 0 Å². The second kappa shape index (κ2) is 11.0. The lowest BCUT2D eigenvalue weighted by Crippen LogP contribution is -2.55. The third-order valence-corrected chi connectivity index (χ3v) is 3.97. The van der Waals surface area contributed by atoms with E-state index in [1.165, 1.54) is 12.5 Å². The molecule has 0 aromatic carbocycles. The summed E-state index contributed by atoms with van der Waals surface area (Å²) in [6.07, 6.45) is 3.17. The molecule has 156 valence electrons. The Bertz CT molecular complexity index is 676. The van der Waals surface area contributed by atoms with Crippen molar-refractivity contribution in [2.45, 2.75) is 57.7 Å². The van der Waals surface area contributed by atoms with Gasteiger partial charge in [-0.25, -0.2) is 9.78 Å². The number of hydrogen-bond acceptors (Lipinski definition) is 6. The van der Waals surface area contributed by atoms with Crippen LogP contribution in [0.5, 0.6) is 0 Å². The van der Waals surface area contributed by atoms with Crippen molar-refractivity contribution in [1.29, 1.82) is 0 Å². The number of carbonyl (C=O) groups excluding carboxylic acids is 3. The quantitative estimate of drug-likeness (QED) is 0.251. The van der Waals surface area contributed by atoms with Crippen molar-refractivity contribution in [3.8, 4) is 0 Å². The minimum absolute atomic E-state index is 0.0154. The molecule has 1 aromatic heterocycles. The molecule has 11 nitrogen and oxygen atoms in total. The molecule has 0 aliphatic carbocycles. The number of carbonyl (C=O) groups is 4. The average Bonchev–Trinajstić information content (AvgIpc) is 3.10. The van der Waals surface area contributed by atoms with Gasteiger partial charge in [0.05, 0.1) is 12.4 Å². The van der Waals surface area contributed by atoms with Gasteiger partial charge in [-0.05, 0) is 18.8 Å². The van der Waals surface area contributed by atoms with Crippen molar-refractivity contribution >= 4 is 23.7 Å². The number of aromatic amines is 1. The number of aromatic nitrogens is 2. The van der Waals surface area contributed by atoms with Crippen LogP contribution in [0, 0.1) is 5.92 Å². The van der Waals surface area contributed by atoms with Crippen LogP contribution < -0.4 is 22.1 Å². The molecule has 1 heterocycles. The number of H-pyrrole nitrogens is 1. The van der Waals surface area contributed by atoms with Gasteiger partial charge in [0.25, 0.3) is 0 Å². The minimum Gasteiger partial charge on any atom is -0.480 e.